The molecule has 1 aliphatic heterocycles. The molecule has 5 heteroatoms. The second-order valence-corrected chi connectivity index (χ2v) is 4.17. The fraction of sp³-hybridized carbons (Fsp3) is 1.00. The van der Waals surface area contributed by atoms with Gasteiger partial charge in [0.2, 0.25) is 0 Å². The number of hydrogen-bond acceptors (Lipinski definition) is 5. The lowest BCUT2D eigenvalue weighted by Crippen LogP contribution is -2.42. The highest BCUT2D eigenvalue weighted by atomic mass is 16.5. The number of β-amino-alcohol motifs (C(OH)–C–C–N with tert-alkyl or cyclic N) is 1. The fourth-order valence-electron chi connectivity index (χ4n) is 1.69. The Balaban J connectivity index is 2.07. The first-order chi connectivity index (χ1) is 7.72. The van der Waals surface area contributed by atoms with Crippen molar-refractivity contribution in [1.82, 2.24) is 4.90 Å². The molecule has 16 heavy (non-hydrogen) atoms. The quantitative estimate of drug-likeness (QED) is 0.656. The van der Waals surface area contributed by atoms with Crippen LogP contribution >= 0.6 is 0 Å². The first-order valence-corrected chi connectivity index (χ1v) is 5.81. The van der Waals surface area contributed by atoms with Gasteiger partial charge in [0.05, 0.1) is 38.6 Å². The van der Waals surface area contributed by atoms with Gasteiger partial charge in [0.25, 0.3) is 0 Å². The number of aliphatic hydroxyl groups is 1. The van der Waals surface area contributed by atoms with E-state index in [1.54, 1.807) is 7.11 Å². The molecule has 1 saturated heterocycles. The number of methoxy groups -OCH3 is 1. The van der Waals surface area contributed by atoms with Gasteiger partial charge in [-0.1, -0.05) is 0 Å². The van der Waals surface area contributed by atoms with E-state index in [2.05, 4.69) is 4.90 Å². The number of aliphatic hydroxyl groups excluding tert-OH is 1. The van der Waals surface area contributed by atoms with Gasteiger partial charge in [-0.25, -0.2) is 0 Å². The van der Waals surface area contributed by atoms with Crippen LogP contribution in [0.2, 0.25) is 0 Å². The fourth-order valence-corrected chi connectivity index (χ4v) is 1.69. The first-order valence-electron chi connectivity index (χ1n) is 5.81. The third-order valence-electron chi connectivity index (χ3n) is 2.55. The second-order valence-electron chi connectivity index (χ2n) is 4.17. The Labute approximate surface area is 97.3 Å². The summed E-state index contributed by atoms with van der Waals surface area (Å²) < 4.78 is 15.6. The summed E-state index contributed by atoms with van der Waals surface area (Å²) in [7, 11) is 1.64. The molecule has 1 heterocycles. The van der Waals surface area contributed by atoms with Crippen molar-refractivity contribution in [2.75, 3.05) is 53.2 Å². The molecule has 0 aromatic heterocycles. The minimum absolute atomic E-state index is 0.0318. The van der Waals surface area contributed by atoms with Gasteiger partial charge in [0.15, 0.2) is 0 Å². The molecule has 5 nitrogen and oxygen atoms in total. The molecule has 2 atom stereocenters. The molecule has 2 unspecified atom stereocenters. The molecule has 0 aromatic rings. The van der Waals surface area contributed by atoms with Gasteiger partial charge >= 0.3 is 0 Å². The van der Waals surface area contributed by atoms with Crippen molar-refractivity contribution >= 4 is 0 Å². The summed E-state index contributed by atoms with van der Waals surface area (Å²) in [6.45, 7) is 6.82. The van der Waals surface area contributed by atoms with Gasteiger partial charge in [-0.05, 0) is 6.92 Å². The Morgan fingerprint density at radius 2 is 2.00 bits per heavy atom. The molecule has 0 saturated carbocycles. The smallest absolute Gasteiger partial charge is 0.0900 e. The summed E-state index contributed by atoms with van der Waals surface area (Å²) in [5, 5.41) is 9.77. The lowest BCUT2D eigenvalue weighted by molar-refractivity contribution is -0.0489. The molecular weight excluding hydrogens is 210 g/mol. The normalized spacial score (nSPS) is 21.9. The average molecular weight is 233 g/mol. The van der Waals surface area contributed by atoms with Crippen molar-refractivity contribution in [3.63, 3.8) is 0 Å². The van der Waals surface area contributed by atoms with Crippen LogP contribution < -0.4 is 0 Å². The van der Waals surface area contributed by atoms with Gasteiger partial charge in [-0.2, -0.15) is 0 Å². The van der Waals surface area contributed by atoms with Crippen LogP contribution in [0.4, 0.5) is 0 Å². The summed E-state index contributed by atoms with van der Waals surface area (Å²) in [5.41, 5.74) is 0. The number of rotatable bonds is 7. The van der Waals surface area contributed by atoms with E-state index in [1.165, 1.54) is 0 Å². The molecule has 0 aliphatic carbocycles. The van der Waals surface area contributed by atoms with Crippen LogP contribution in [0, 0.1) is 0 Å². The largest absolute Gasteiger partial charge is 0.389 e. The number of ether oxygens (including phenoxy) is 3. The standard InChI is InChI=1S/C11H23NO4/c1-10(8-14-2)16-9-11(13)7-12-3-5-15-6-4-12/h10-11,13H,3-9H2,1-2H3. The zero-order valence-corrected chi connectivity index (χ0v) is 10.2. The molecular formula is C11H23NO4. The molecule has 1 rings (SSSR count). The number of morpholine rings is 1. The summed E-state index contributed by atoms with van der Waals surface area (Å²) >= 11 is 0. The van der Waals surface area contributed by atoms with Crippen molar-refractivity contribution < 1.29 is 19.3 Å². The third kappa shape index (κ3) is 5.77. The maximum atomic E-state index is 9.77. The van der Waals surface area contributed by atoms with E-state index >= 15 is 0 Å². The van der Waals surface area contributed by atoms with E-state index in [1.807, 2.05) is 6.92 Å². The molecule has 0 amide bonds. The SMILES string of the molecule is COCC(C)OCC(O)CN1CCOCC1. The molecule has 96 valence electrons. The summed E-state index contributed by atoms with van der Waals surface area (Å²) in [4.78, 5) is 2.19. The Hall–Kier alpha value is -0.200. The van der Waals surface area contributed by atoms with Gasteiger partial charge < -0.3 is 19.3 Å². The van der Waals surface area contributed by atoms with Crippen LogP contribution in [0.3, 0.4) is 0 Å². The van der Waals surface area contributed by atoms with Gasteiger partial charge in [0.1, 0.15) is 0 Å². The molecule has 0 radical (unpaired) electrons. The summed E-state index contributed by atoms with van der Waals surface area (Å²) in [6, 6.07) is 0. The van der Waals surface area contributed by atoms with E-state index in [4.69, 9.17) is 14.2 Å². The van der Waals surface area contributed by atoms with Crippen molar-refractivity contribution in [2.24, 2.45) is 0 Å². The van der Waals surface area contributed by atoms with Crippen LogP contribution in [0.1, 0.15) is 6.92 Å². The highest BCUT2D eigenvalue weighted by Gasteiger charge is 2.15. The first kappa shape index (κ1) is 13.9. The van der Waals surface area contributed by atoms with E-state index in [9.17, 15) is 5.11 Å². The van der Waals surface area contributed by atoms with Crippen LogP contribution in [0.25, 0.3) is 0 Å². The predicted octanol–water partition coefficient (Wildman–Crippen LogP) is -0.269. The van der Waals surface area contributed by atoms with E-state index in [0.717, 1.165) is 26.3 Å². The minimum atomic E-state index is -0.433. The topological polar surface area (TPSA) is 51.2 Å². The Morgan fingerprint density at radius 3 is 2.62 bits per heavy atom. The average Bonchev–Trinajstić information content (AvgIpc) is 2.28. The molecule has 1 aliphatic rings. The van der Waals surface area contributed by atoms with Crippen molar-refractivity contribution in [3.05, 3.63) is 0 Å². The highest BCUT2D eigenvalue weighted by Crippen LogP contribution is 2.00. The van der Waals surface area contributed by atoms with Crippen LogP contribution in [-0.2, 0) is 14.2 Å². The lowest BCUT2D eigenvalue weighted by Gasteiger charge is -2.28. The number of nitrogens with zero attached hydrogens (tertiary/aromatic N) is 1. The molecule has 0 bridgehead atoms. The third-order valence-corrected chi connectivity index (χ3v) is 2.55. The zero-order chi connectivity index (χ0) is 11.8. The second kappa shape index (κ2) is 7.97. The molecule has 1 N–H and O–H groups in total. The Bertz CT molecular complexity index is 173. The Kier molecular flexibility index (Phi) is 6.91. The van der Waals surface area contributed by atoms with Crippen LogP contribution in [-0.4, -0.2) is 75.4 Å². The van der Waals surface area contributed by atoms with Gasteiger partial charge in [-0.15, -0.1) is 0 Å². The highest BCUT2D eigenvalue weighted by molar-refractivity contribution is 4.67. The van der Waals surface area contributed by atoms with Gasteiger partial charge in [-0.3, -0.25) is 4.90 Å². The maximum Gasteiger partial charge on any atom is 0.0900 e. The van der Waals surface area contributed by atoms with Crippen molar-refractivity contribution in [1.29, 1.82) is 0 Å². The maximum absolute atomic E-state index is 9.77. The van der Waals surface area contributed by atoms with E-state index in [0.29, 0.717) is 19.8 Å². The van der Waals surface area contributed by atoms with E-state index in [-0.39, 0.29) is 6.10 Å². The lowest BCUT2D eigenvalue weighted by atomic mass is 10.3. The van der Waals surface area contributed by atoms with E-state index < -0.39 is 6.10 Å². The summed E-state index contributed by atoms with van der Waals surface area (Å²) in [5.74, 6) is 0. The minimum Gasteiger partial charge on any atom is -0.389 e. The van der Waals surface area contributed by atoms with Crippen molar-refractivity contribution in [3.8, 4) is 0 Å². The van der Waals surface area contributed by atoms with Crippen LogP contribution in [0.15, 0.2) is 0 Å². The molecule has 0 aromatic carbocycles. The van der Waals surface area contributed by atoms with Crippen molar-refractivity contribution in [2.45, 2.75) is 19.1 Å². The summed E-state index contributed by atoms with van der Waals surface area (Å²) in [6.07, 6.45) is -0.401. The molecule has 1 fully saturated rings. The Morgan fingerprint density at radius 1 is 1.31 bits per heavy atom. The molecule has 0 spiro atoms. The van der Waals surface area contributed by atoms with Gasteiger partial charge in [0, 0.05) is 26.7 Å². The van der Waals surface area contributed by atoms with Crippen LogP contribution in [0.5, 0.6) is 0 Å². The zero-order valence-electron chi connectivity index (χ0n) is 10.2. The predicted molar refractivity (Wildman–Crippen MR) is 60.6 cm³/mol. The number of hydrogen-bond donors (Lipinski definition) is 1. The monoisotopic (exact) mass is 233 g/mol.